The Morgan fingerprint density at radius 2 is 0.923 bits per heavy atom. The molecule has 0 radical (unpaired) electrons. The van der Waals surface area contributed by atoms with Crippen LogP contribution in [-0.2, 0) is 0 Å². The van der Waals surface area contributed by atoms with Crippen LogP contribution in [0.15, 0.2) is 194 Å². The molecule has 0 saturated heterocycles. The van der Waals surface area contributed by atoms with Crippen molar-refractivity contribution in [2.45, 2.75) is 0 Å². The predicted molar refractivity (Wildman–Crippen MR) is 276 cm³/mol. The number of thiophene rings is 1. The van der Waals surface area contributed by atoms with Crippen LogP contribution in [0.25, 0.3) is 152 Å². The Kier molecular flexibility index (Phi) is 6.41. The van der Waals surface area contributed by atoms with Gasteiger partial charge < -0.3 is 4.40 Å². The molecule has 4 nitrogen and oxygen atoms in total. The number of para-hydroxylation sites is 1. The molecule has 0 aliphatic rings. The normalized spacial score (nSPS) is 12.6. The monoisotopic (exact) mass is 840 g/mol. The van der Waals surface area contributed by atoms with Gasteiger partial charge in [0.25, 0.3) is 0 Å². The standard InChI is InChI=1S/C60H32N4S/c1-2-11-33(12-3-1)34-23-25-38-35(31-34)21-22-36-32-37(24-26-39(36)38)56-60(62-58-44-17-7-5-14-41(44)40-13-4-6-16-43(40)57(58)61-56)64-48-20-10-19-47-52(48)53-49(64)28-30-50-54(53)55-51(65-50)29-27-45-42-15-8-9-18-46(42)63(47)59(45)55/h1-32H. The minimum Gasteiger partial charge on any atom is -0.308 e. The zero-order valence-corrected chi connectivity index (χ0v) is 35.5. The molecule has 11 aromatic carbocycles. The SMILES string of the molecule is c1ccc(-c2ccc3c(ccc4cc(-c5nc6c7ccccc7c7ccccc7c6nc5-n5c6ccc7sc8ccc9c%10ccccc%10n%10c%11cccc5c%11c6c7c8c9%10)ccc43)c2)cc1. The lowest BCUT2D eigenvalue weighted by atomic mass is 9.96. The molecule has 0 spiro atoms. The number of aromatic nitrogens is 4. The van der Waals surface area contributed by atoms with Gasteiger partial charge in [0.2, 0.25) is 0 Å². The summed E-state index contributed by atoms with van der Waals surface area (Å²) in [5.41, 5.74) is 12.1. The quantitative estimate of drug-likeness (QED) is 0.166. The van der Waals surface area contributed by atoms with Gasteiger partial charge in [-0.3, -0.25) is 4.57 Å². The Labute approximate surface area is 374 Å². The van der Waals surface area contributed by atoms with Crippen molar-refractivity contribution < 1.29 is 0 Å². The molecule has 0 aliphatic heterocycles. The molecule has 0 N–H and O–H groups in total. The number of nitrogens with zero attached hydrogens (tertiary/aromatic N) is 4. The van der Waals surface area contributed by atoms with E-state index in [0.29, 0.717) is 0 Å². The first-order valence-corrected chi connectivity index (χ1v) is 23.1. The maximum Gasteiger partial charge on any atom is 0.165 e. The van der Waals surface area contributed by atoms with Gasteiger partial charge in [-0.1, -0.05) is 146 Å². The highest BCUT2D eigenvalue weighted by atomic mass is 32.1. The second-order valence-electron chi connectivity index (χ2n) is 17.6. The lowest BCUT2D eigenvalue weighted by Crippen LogP contribution is -2.04. The topological polar surface area (TPSA) is 35.1 Å². The highest BCUT2D eigenvalue weighted by Gasteiger charge is 2.28. The van der Waals surface area contributed by atoms with E-state index in [-0.39, 0.29) is 0 Å². The van der Waals surface area contributed by atoms with Gasteiger partial charge in [-0.25, -0.2) is 9.97 Å². The Hall–Kier alpha value is -8.38. The number of benzene rings is 11. The van der Waals surface area contributed by atoms with Gasteiger partial charge in [-0.2, -0.15) is 0 Å². The molecule has 0 aliphatic carbocycles. The van der Waals surface area contributed by atoms with E-state index in [0.717, 1.165) is 49.9 Å². The first-order valence-electron chi connectivity index (χ1n) is 22.2. The first-order chi connectivity index (χ1) is 32.2. The zero-order valence-electron chi connectivity index (χ0n) is 34.7. The summed E-state index contributed by atoms with van der Waals surface area (Å²) in [6.07, 6.45) is 0. The summed E-state index contributed by atoms with van der Waals surface area (Å²) >= 11 is 1.89. The van der Waals surface area contributed by atoms with Crippen molar-refractivity contribution in [3.63, 3.8) is 0 Å². The largest absolute Gasteiger partial charge is 0.308 e. The van der Waals surface area contributed by atoms with E-state index in [4.69, 9.17) is 9.97 Å². The lowest BCUT2D eigenvalue weighted by molar-refractivity contribution is 1.08. The fraction of sp³-hybridized carbons (Fsp3) is 0. The molecule has 0 bridgehead atoms. The van der Waals surface area contributed by atoms with Crippen LogP contribution in [0.5, 0.6) is 0 Å². The van der Waals surface area contributed by atoms with Gasteiger partial charge in [0, 0.05) is 58.1 Å². The van der Waals surface area contributed by atoms with Crippen molar-refractivity contribution in [2.24, 2.45) is 0 Å². The second kappa shape index (κ2) is 12.2. The van der Waals surface area contributed by atoms with Crippen molar-refractivity contribution in [3.8, 4) is 28.2 Å². The molecule has 5 aromatic heterocycles. The van der Waals surface area contributed by atoms with Crippen molar-refractivity contribution in [1.29, 1.82) is 0 Å². The van der Waals surface area contributed by atoms with E-state index >= 15 is 0 Å². The average molecular weight is 841 g/mol. The third-order valence-electron chi connectivity index (χ3n) is 14.4. The van der Waals surface area contributed by atoms with Crippen molar-refractivity contribution in [1.82, 2.24) is 18.9 Å². The molecule has 5 heteroatoms. The number of fused-ring (bicyclic) bond motifs is 13. The summed E-state index contributed by atoms with van der Waals surface area (Å²) < 4.78 is 7.57. The van der Waals surface area contributed by atoms with Crippen LogP contribution in [-0.4, -0.2) is 18.9 Å². The molecule has 16 rings (SSSR count). The summed E-state index contributed by atoms with van der Waals surface area (Å²) in [5, 5.41) is 17.1. The maximum absolute atomic E-state index is 5.89. The van der Waals surface area contributed by atoms with E-state index in [1.165, 1.54) is 102 Å². The Morgan fingerprint density at radius 1 is 0.338 bits per heavy atom. The first kappa shape index (κ1) is 34.1. The van der Waals surface area contributed by atoms with Crippen molar-refractivity contribution >= 4 is 135 Å². The van der Waals surface area contributed by atoms with Crippen LogP contribution in [0, 0.1) is 0 Å². The molecule has 0 atom stereocenters. The van der Waals surface area contributed by atoms with Gasteiger partial charge in [0.15, 0.2) is 5.82 Å². The predicted octanol–water partition coefficient (Wildman–Crippen LogP) is 16.5. The fourth-order valence-electron chi connectivity index (χ4n) is 11.6. The average Bonchev–Trinajstić information content (AvgIpc) is 4.00. The number of hydrogen-bond donors (Lipinski definition) is 0. The molecule has 16 aromatic rings. The fourth-order valence-corrected chi connectivity index (χ4v) is 12.7. The van der Waals surface area contributed by atoms with Gasteiger partial charge in [-0.15, -0.1) is 11.3 Å². The van der Waals surface area contributed by atoms with Crippen LogP contribution in [0.3, 0.4) is 0 Å². The summed E-state index contributed by atoms with van der Waals surface area (Å²) in [4.78, 5) is 11.7. The summed E-state index contributed by atoms with van der Waals surface area (Å²) in [6.45, 7) is 0. The molecule has 5 heterocycles. The Balaban J connectivity index is 1.05. The lowest BCUT2D eigenvalue weighted by Gasteiger charge is -2.17. The second-order valence-corrected chi connectivity index (χ2v) is 18.7. The van der Waals surface area contributed by atoms with Crippen LogP contribution >= 0.6 is 11.3 Å². The minimum atomic E-state index is 0.824. The van der Waals surface area contributed by atoms with Crippen LogP contribution in [0.1, 0.15) is 0 Å². The van der Waals surface area contributed by atoms with Crippen LogP contribution < -0.4 is 0 Å². The summed E-state index contributed by atoms with van der Waals surface area (Å²) in [5.74, 6) is 0.824. The molecule has 65 heavy (non-hydrogen) atoms. The third kappa shape index (κ3) is 4.36. The maximum atomic E-state index is 5.89. The van der Waals surface area contributed by atoms with Gasteiger partial charge in [0.1, 0.15) is 5.69 Å². The van der Waals surface area contributed by atoms with Crippen molar-refractivity contribution in [3.05, 3.63) is 194 Å². The van der Waals surface area contributed by atoms with E-state index in [2.05, 4.69) is 203 Å². The molecule has 0 amide bonds. The van der Waals surface area contributed by atoms with Gasteiger partial charge >= 0.3 is 0 Å². The summed E-state index contributed by atoms with van der Waals surface area (Å²) in [7, 11) is 0. The highest BCUT2D eigenvalue weighted by molar-refractivity contribution is 7.26. The summed E-state index contributed by atoms with van der Waals surface area (Å²) in [6, 6.07) is 71.3. The zero-order chi connectivity index (χ0) is 42.1. The minimum absolute atomic E-state index is 0.824. The molecule has 0 unspecified atom stereocenters. The third-order valence-corrected chi connectivity index (χ3v) is 15.5. The molecular formula is C60H32N4S. The van der Waals surface area contributed by atoms with Crippen LogP contribution in [0.4, 0.5) is 0 Å². The molecule has 0 saturated carbocycles. The van der Waals surface area contributed by atoms with E-state index in [1.54, 1.807) is 0 Å². The van der Waals surface area contributed by atoms with Gasteiger partial charge in [-0.05, 0) is 92.0 Å². The number of rotatable bonds is 3. The van der Waals surface area contributed by atoms with Crippen LogP contribution in [0.2, 0.25) is 0 Å². The molecular weight excluding hydrogens is 809 g/mol. The number of hydrogen-bond acceptors (Lipinski definition) is 3. The smallest absolute Gasteiger partial charge is 0.165 e. The molecule has 0 fully saturated rings. The van der Waals surface area contributed by atoms with E-state index in [9.17, 15) is 0 Å². The van der Waals surface area contributed by atoms with E-state index < -0.39 is 0 Å². The van der Waals surface area contributed by atoms with Crippen molar-refractivity contribution in [2.75, 3.05) is 0 Å². The molecule has 298 valence electrons. The Morgan fingerprint density at radius 3 is 1.71 bits per heavy atom. The Bertz CT molecular complexity index is 4710. The highest BCUT2D eigenvalue weighted by Crippen LogP contribution is 2.51. The van der Waals surface area contributed by atoms with E-state index in [1.807, 2.05) is 11.3 Å². The van der Waals surface area contributed by atoms with Gasteiger partial charge in [0.05, 0.1) is 38.6 Å².